The summed E-state index contributed by atoms with van der Waals surface area (Å²) in [6.45, 7) is 6.44. The molecular formula is C17H20N4O2S. The summed E-state index contributed by atoms with van der Waals surface area (Å²) in [4.78, 5) is 33.5. The van der Waals surface area contributed by atoms with Crippen LogP contribution in [0.4, 0.5) is 5.82 Å². The van der Waals surface area contributed by atoms with Crippen LogP contribution in [0.1, 0.15) is 26.5 Å². The smallest absolute Gasteiger partial charge is 0.254 e. The van der Waals surface area contributed by atoms with Crippen LogP contribution in [0, 0.1) is 5.92 Å². The molecule has 7 heteroatoms. The fourth-order valence-corrected chi connectivity index (χ4v) is 3.51. The van der Waals surface area contributed by atoms with Crippen molar-refractivity contribution >= 4 is 23.5 Å². The zero-order valence-corrected chi connectivity index (χ0v) is 14.8. The summed E-state index contributed by atoms with van der Waals surface area (Å²) in [6.07, 6.45) is 1.63. The number of rotatable bonds is 2. The third-order valence-electron chi connectivity index (χ3n) is 3.85. The highest BCUT2D eigenvalue weighted by molar-refractivity contribution is 7.99. The van der Waals surface area contributed by atoms with Crippen LogP contribution in [0.25, 0.3) is 0 Å². The van der Waals surface area contributed by atoms with Crippen LogP contribution in [-0.4, -0.2) is 26.2 Å². The number of aromatic nitrogens is 3. The minimum Gasteiger partial charge on any atom is -0.310 e. The minimum atomic E-state index is -0.288. The summed E-state index contributed by atoms with van der Waals surface area (Å²) in [5, 5.41) is 3.49. The minimum absolute atomic E-state index is 0.104. The van der Waals surface area contributed by atoms with Gasteiger partial charge >= 0.3 is 0 Å². The van der Waals surface area contributed by atoms with Gasteiger partial charge in [-0.2, -0.15) is 0 Å². The Hall–Kier alpha value is -2.15. The number of anilines is 1. The Balaban J connectivity index is 1.80. The van der Waals surface area contributed by atoms with E-state index < -0.39 is 0 Å². The van der Waals surface area contributed by atoms with E-state index in [2.05, 4.69) is 15.3 Å². The molecule has 0 saturated heterocycles. The van der Waals surface area contributed by atoms with Gasteiger partial charge in [0.15, 0.2) is 5.16 Å². The molecule has 0 radical (unpaired) electrons. The van der Waals surface area contributed by atoms with Gasteiger partial charge in [-0.15, -0.1) is 0 Å². The van der Waals surface area contributed by atoms with Crippen molar-refractivity contribution in [3.63, 3.8) is 0 Å². The second kappa shape index (κ2) is 6.39. The normalized spacial score (nSPS) is 17.2. The first-order valence-electron chi connectivity index (χ1n) is 7.81. The molecule has 0 saturated carbocycles. The Kier molecular flexibility index (Phi) is 4.45. The van der Waals surface area contributed by atoms with Crippen molar-refractivity contribution in [2.75, 3.05) is 11.1 Å². The van der Waals surface area contributed by atoms with Crippen LogP contribution in [0.15, 0.2) is 40.4 Å². The van der Waals surface area contributed by atoms with Crippen LogP contribution in [-0.2, 0) is 16.8 Å². The van der Waals surface area contributed by atoms with Gasteiger partial charge < -0.3 is 5.32 Å². The molecule has 24 heavy (non-hydrogen) atoms. The summed E-state index contributed by atoms with van der Waals surface area (Å²) in [6, 6.07) is 6.92. The molecule has 6 nitrogen and oxygen atoms in total. The fourth-order valence-electron chi connectivity index (χ4n) is 2.42. The average molecular weight is 344 g/mol. The van der Waals surface area contributed by atoms with E-state index in [1.165, 1.54) is 11.8 Å². The predicted molar refractivity (Wildman–Crippen MR) is 94.3 cm³/mol. The SMILES string of the molecule is CC(C)(C)c1cc(=O)n2c(n1)SCC(C(=O)Nc1ccccn1)C2. The lowest BCUT2D eigenvalue weighted by atomic mass is 9.92. The third-order valence-corrected chi connectivity index (χ3v) is 4.98. The van der Waals surface area contributed by atoms with E-state index in [4.69, 9.17) is 0 Å². The lowest BCUT2D eigenvalue weighted by Crippen LogP contribution is -2.37. The standard InChI is InChI=1S/C17H20N4O2S/c1-17(2,3)12-8-14(22)21-9-11(10-24-16(21)19-12)15(23)20-13-6-4-5-7-18-13/h4-8,11H,9-10H2,1-3H3,(H,18,20,23). The number of pyridine rings is 1. The fraction of sp³-hybridized carbons (Fsp3) is 0.412. The Morgan fingerprint density at radius 3 is 2.83 bits per heavy atom. The number of hydrogen-bond donors (Lipinski definition) is 1. The van der Waals surface area contributed by atoms with Gasteiger partial charge in [-0.3, -0.25) is 14.2 Å². The largest absolute Gasteiger partial charge is 0.310 e. The molecular weight excluding hydrogens is 324 g/mol. The van der Waals surface area contributed by atoms with Crippen molar-refractivity contribution in [1.29, 1.82) is 0 Å². The Morgan fingerprint density at radius 1 is 1.38 bits per heavy atom. The van der Waals surface area contributed by atoms with Crippen LogP contribution < -0.4 is 10.9 Å². The highest BCUT2D eigenvalue weighted by Crippen LogP contribution is 2.28. The van der Waals surface area contributed by atoms with Crippen molar-refractivity contribution in [3.8, 4) is 0 Å². The number of carbonyl (C=O) groups excluding carboxylic acids is 1. The van der Waals surface area contributed by atoms with Crippen molar-refractivity contribution in [3.05, 3.63) is 46.5 Å². The summed E-state index contributed by atoms with van der Waals surface area (Å²) in [7, 11) is 0. The Morgan fingerprint density at radius 2 is 2.17 bits per heavy atom. The van der Waals surface area contributed by atoms with Gasteiger partial charge in [0.2, 0.25) is 5.91 Å². The molecule has 3 heterocycles. The summed E-state index contributed by atoms with van der Waals surface area (Å²) < 4.78 is 1.59. The molecule has 1 N–H and O–H groups in total. The number of nitrogens with one attached hydrogen (secondary N) is 1. The van der Waals surface area contributed by atoms with Gasteiger partial charge in [0, 0.05) is 30.0 Å². The van der Waals surface area contributed by atoms with Gasteiger partial charge in [0.1, 0.15) is 5.82 Å². The molecule has 1 aliphatic rings. The van der Waals surface area contributed by atoms with Crippen molar-refractivity contribution in [1.82, 2.24) is 14.5 Å². The van der Waals surface area contributed by atoms with Crippen LogP contribution in [0.2, 0.25) is 0 Å². The molecule has 1 aliphatic heterocycles. The number of amides is 1. The van der Waals surface area contributed by atoms with E-state index >= 15 is 0 Å². The highest BCUT2D eigenvalue weighted by Gasteiger charge is 2.28. The number of hydrogen-bond acceptors (Lipinski definition) is 5. The maximum Gasteiger partial charge on any atom is 0.254 e. The molecule has 0 bridgehead atoms. The zero-order valence-electron chi connectivity index (χ0n) is 13.9. The summed E-state index contributed by atoms with van der Waals surface area (Å²) >= 11 is 1.45. The van der Waals surface area contributed by atoms with E-state index in [0.717, 1.165) is 5.69 Å². The summed E-state index contributed by atoms with van der Waals surface area (Å²) in [5.41, 5.74) is 0.498. The number of thioether (sulfide) groups is 1. The van der Waals surface area contributed by atoms with Gasteiger partial charge in [0.05, 0.1) is 11.6 Å². The van der Waals surface area contributed by atoms with E-state index in [1.54, 1.807) is 29.0 Å². The topological polar surface area (TPSA) is 76.9 Å². The van der Waals surface area contributed by atoms with Gasteiger partial charge in [0.25, 0.3) is 5.56 Å². The van der Waals surface area contributed by atoms with E-state index in [0.29, 0.717) is 23.3 Å². The second-order valence-corrected chi connectivity index (χ2v) is 7.82. The molecule has 1 amide bonds. The average Bonchev–Trinajstić information content (AvgIpc) is 2.54. The molecule has 0 spiro atoms. The van der Waals surface area contributed by atoms with Crippen molar-refractivity contribution in [2.45, 2.75) is 37.9 Å². The quantitative estimate of drug-likeness (QED) is 0.846. The van der Waals surface area contributed by atoms with Crippen molar-refractivity contribution < 1.29 is 4.79 Å². The van der Waals surface area contributed by atoms with Crippen molar-refractivity contribution in [2.24, 2.45) is 5.92 Å². The first kappa shape index (κ1) is 16.7. The predicted octanol–water partition coefficient (Wildman–Crippen LogP) is 2.30. The van der Waals surface area contributed by atoms with Gasteiger partial charge in [-0.25, -0.2) is 9.97 Å². The maximum atomic E-state index is 12.4. The molecule has 1 atom stereocenters. The van der Waals surface area contributed by atoms with Gasteiger partial charge in [-0.1, -0.05) is 38.6 Å². The molecule has 2 aromatic rings. The molecule has 0 fully saturated rings. The molecule has 3 rings (SSSR count). The Labute approximate surface area is 144 Å². The first-order valence-corrected chi connectivity index (χ1v) is 8.80. The van der Waals surface area contributed by atoms with Gasteiger partial charge in [-0.05, 0) is 12.1 Å². The molecule has 1 unspecified atom stereocenters. The lowest BCUT2D eigenvalue weighted by molar-refractivity contribution is -0.119. The van der Waals surface area contributed by atoms with Crippen LogP contribution in [0.5, 0.6) is 0 Å². The maximum absolute atomic E-state index is 12.4. The van der Waals surface area contributed by atoms with Crippen LogP contribution >= 0.6 is 11.8 Å². The summed E-state index contributed by atoms with van der Waals surface area (Å²) in [5.74, 6) is 0.702. The molecule has 0 aliphatic carbocycles. The number of fused-ring (bicyclic) bond motifs is 1. The molecule has 126 valence electrons. The van der Waals surface area contributed by atoms with E-state index in [9.17, 15) is 9.59 Å². The third kappa shape index (κ3) is 3.51. The lowest BCUT2D eigenvalue weighted by Gasteiger charge is -2.26. The zero-order chi connectivity index (χ0) is 17.3. The van der Waals surface area contributed by atoms with E-state index in [-0.39, 0.29) is 22.8 Å². The van der Waals surface area contributed by atoms with E-state index in [1.807, 2.05) is 26.8 Å². The number of carbonyl (C=O) groups is 1. The molecule has 0 aromatic carbocycles. The Bertz CT molecular complexity index is 812. The molecule has 2 aromatic heterocycles. The monoisotopic (exact) mass is 344 g/mol. The van der Waals surface area contributed by atoms with Crippen LogP contribution in [0.3, 0.4) is 0 Å². The first-order chi connectivity index (χ1) is 11.3. The number of nitrogens with zero attached hydrogens (tertiary/aromatic N) is 3. The second-order valence-electron chi connectivity index (χ2n) is 6.83. The highest BCUT2D eigenvalue weighted by atomic mass is 32.2.